The van der Waals surface area contributed by atoms with E-state index in [1.807, 2.05) is 17.6 Å². The average Bonchev–Trinajstić information content (AvgIpc) is 1.69. The van der Waals surface area contributed by atoms with Crippen LogP contribution in [0.3, 0.4) is 0 Å². The van der Waals surface area contributed by atoms with Crippen molar-refractivity contribution in [2.75, 3.05) is 0 Å². The Morgan fingerprint density at radius 3 is 2.57 bits per heavy atom. The molecule has 0 aromatic heterocycles. The lowest BCUT2D eigenvalue weighted by Gasteiger charge is -2.05. The molecule has 0 spiro atoms. The van der Waals surface area contributed by atoms with Gasteiger partial charge in [0.05, 0.1) is 0 Å². The number of halogens is 1. The summed E-state index contributed by atoms with van der Waals surface area (Å²) in [5.41, 5.74) is 0. The van der Waals surface area contributed by atoms with Crippen molar-refractivity contribution >= 4 is 23.7 Å². The Kier molecular flexibility index (Phi) is 1.65. The van der Waals surface area contributed by atoms with Crippen LogP contribution in [0, 0.1) is 0 Å². The van der Waals surface area contributed by atoms with Crippen molar-refractivity contribution < 1.29 is 0 Å². The van der Waals surface area contributed by atoms with Crippen LogP contribution in [0.2, 0.25) is 0 Å². The Labute approximate surface area is 51.9 Å². The molecule has 3 heteroatoms. The predicted molar refractivity (Wildman–Crippen MR) is 33.6 cm³/mol. The van der Waals surface area contributed by atoms with E-state index in [-0.39, 0.29) is 0 Å². The Morgan fingerprint density at radius 2 is 2.29 bits per heavy atom. The van der Waals surface area contributed by atoms with E-state index in [1.165, 1.54) is 15.8 Å². The van der Waals surface area contributed by atoms with E-state index in [9.17, 15) is 0 Å². The highest BCUT2D eigenvalue weighted by Crippen LogP contribution is 2.17. The quantitative estimate of drug-likeness (QED) is 0.368. The highest BCUT2D eigenvalue weighted by molar-refractivity contribution is 8.00. The molecule has 0 atom stereocenters. The molecule has 1 rings (SSSR count). The maximum absolute atomic E-state index is 5.47. The zero-order chi connectivity index (χ0) is 5.11. The van der Waals surface area contributed by atoms with E-state index >= 15 is 0 Å². The Bertz CT molecular complexity index is 110. The topological polar surface area (TPSA) is 3.24 Å². The summed E-state index contributed by atoms with van der Waals surface area (Å²) >= 11 is 6.92. The Balaban J connectivity index is 2.49. The maximum atomic E-state index is 5.47. The summed E-state index contributed by atoms with van der Waals surface area (Å²) in [6.07, 6.45) is 5.60. The molecule has 0 fully saturated rings. The van der Waals surface area contributed by atoms with Crippen LogP contribution >= 0.6 is 23.7 Å². The maximum Gasteiger partial charge on any atom is 0.0293 e. The largest absolute Gasteiger partial charge is 0.230 e. The summed E-state index contributed by atoms with van der Waals surface area (Å²) in [7, 11) is 0. The summed E-state index contributed by atoms with van der Waals surface area (Å²) in [5.74, 6) is 0. The van der Waals surface area contributed by atoms with E-state index in [1.54, 1.807) is 6.20 Å². The molecule has 0 unspecified atom stereocenters. The van der Waals surface area contributed by atoms with E-state index in [2.05, 4.69) is 0 Å². The van der Waals surface area contributed by atoms with Gasteiger partial charge in [-0.05, 0) is 23.4 Å². The predicted octanol–water partition coefficient (Wildman–Crippen LogP) is 2.13. The minimum absolute atomic E-state index is 1.45. The lowest BCUT2D eigenvalue weighted by molar-refractivity contribution is 1.02. The average molecular weight is 134 g/mol. The van der Waals surface area contributed by atoms with E-state index < -0.39 is 0 Å². The van der Waals surface area contributed by atoms with Crippen molar-refractivity contribution in [3.8, 4) is 0 Å². The van der Waals surface area contributed by atoms with Gasteiger partial charge in [-0.25, -0.2) is 3.82 Å². The first-order chi connectivity index (χ1) is 3.39. The monoisotopic (exact) mass is 133 g/mol. The fourth-order valence-electron chi connectivity index (χ4n) is 0.291. The summed E-state index contributed by atoms with van der Waals surface area (Å²) < 4.78 is 1.51. The van der Waals surface area contributed by atoms with Gasteiger partial charge in [0.15, 0.2) is 0 Å². The van der Waals surface area contributed by atoms with Crippen molar-refractivity contribution in [2.45, 2.75) is 0 Å². The van der Waals surface area contributed by atoms with Crippen LogP contribution < -0.4 is 0 Å². The molecule has 0 aromatic carbocycles. The van der Waals surface area contributed by atoms with Crippen LogP contribution in [0.5, 0.6) is 0 Å². The number of hydrogen-bond donors (Lipinski definition) is 0. The highest BCUT2D eigenvalue weighted by Gasteiger charge is 1.90. The third-order valence-electron chi connectivity index (χ3n) is 0.555. The van der Waals surface area contributed by atoms with Crippen molar-refractivity contribution in [3.63, 3.8) is 0 Å². The number of nitrogens with zero attached hydrogens (tertiary/aromatic N) is 1. The second kappa shape index (κ2) is 2.28. The standard InChI is InChI=1S/C4H4ClNS/c5-6-3-1-2-4-7-6/h1-4H. The summed E-state index contributed by atoms with van der Waals surface area (Å²) in [5, 5.41) is 1.91. The fourth-order valence-corrected chi connectivity index (χ4v) is 0.912. The van der Waals surface area contributed by atoms with Gasteiger partial charge < -0.3 is 0 Å². The van der Waals surface area contributed by atoms with Gasteiger partial charge in [0, 0.05) is 18.0 Å². The van der Waals surface area contributed by atoms with Gasteiger partial charge in [-0.3, -0.25) is 0 Å². The van der Waals surface area contributed by atoms with Crippen molar-refractivity contribution in [1.82, 2.24) is 3.82 Å². The molecule has 0 bridgehead atoms. The molecular formula is C4H4ClNS. The van der Waals surface area contributed by atoms with Crippen LogP contribution in [0.1, 0.15) is 0 Å². The molecule has 38 valence electrons. The van der Waals surface area contributed by atoms with Gasteiger partial charge in [-0.15, -0.1) is 0 Å². The smallest absolute Gasteiger partial charge is 0.0293 e. The molecule has 0 aliphatic carbocycles. The first-order valence-corrected chi connectivity index (χ1v) is 3.02. The van der Waals surface area contributed by atoms with Gasteiger partial charge in [0.25, 0.3) is 0 Å². The molecule has 0 aromatic rings. The highest BCUT2D eigenvalue weighted by atomic mass is 35.5. The molecule has 0 saturated carbocycles. The third kappa shape index (κ3) is 1.45. The molecule has 7 heavy (non-hydrogen) atoms. The van der Waals surface area contributed by atoms with Crippen LogP contribution in [0.4, 0.5) is 0 Å². The van der Waals surface area contributed by atoms with Crippen LogP contribution in [-0.4, -0.2) is 3.82 Å². The zero-order valence-electron chi connectivity index (χ0n) is 3.54. The molecule has 0 amide bonds. The van der Waals surface area contributed by atoms with Crippen LogP contribution in [0.15, 0.2) is 23.8 Å². The number of allylic oxidation sites excluding steroid dienone is 2. The van der Waals surface area contributed by atoms with Crippen molar-refractivity contribution in [3.05, 3.63) is 23.8 Å². The summed E-state index contributed by atoms with van der Waals surface area (Å²) in [6.45, 7) is 0. The molecule has 1 aliphatic rings. The van der Waals surface area contributed by atoms with Crippen molar-refractivity contribution in [2.24, 2.45) is 0 Å². The van der Waals surface area contributed by atoms with Gasteiger partial charge >= 0.3 is 0 Å². The second-order valence-corrected chi connectivity index (χ2v) is 2.49. The molecule has 1 nitrogen and oxygen atoms in total. The fraction of sp³-hybridized carbons (Fsp3) is 0. The van der Waals surface area contributed by atoms with Crippen LogP contribution in [-0.2, 0) is 0 Å². The SMILES string of the molecule is ClN1C=CC=CS1. The number of rotatable bonds is 0. The van der Waals surface area contributed by atoms with Gasteiger partial charge in [0.2, 0.25) is 0 Å². The van der Waals surface area contributed by atoms with E-state index in [4.69, 9.17) is 11.8 Å². The van der Waals surface area contributed by atoms with Crippen molar-refractivity contribution in [1.29, 1.82) is 0 Å². The van der Waals surface area contributed by atoms with Gasteiger partial charge in [-0.1, -0.05) is 6.08 Å². The molecule has 0 radical (unpaired) electrons. The molecule has 0 N–H and O–H groups in total. The first kappa shape index (κ1) is 5.06. The van der Waals surface area contributed by atoms with E-state index in [0.717, 1.165) is 0 Å². The first-order valence-electron chi connectivity index (χ1n) is 1.85. The second-order valence-electron chi connectivity index (χ2n) is 1.05. The summed E-state index contributed by atoms with van der Waals surface area (Å²) in [4.78, 5) is 0. The van der Waals surface area contributed by atoms with E-state index in [0.29, 0.717) is 0 Å². The summed E-state index contributed by atoms with van der Waals surface area (Å²) in [6, 6.07) is 0. The van der Waals surface area contributed by atoms with Gasteiger partial charge in [0.1, 0.15) is 0 Å². The normalized spacial score (nSPS) is 18.1. The number of hydrogen-bond acceptors (Lipinski definition) is 2. The Hall–Kier alpha value is -0.0800. The molecule has 1 heterocycles. The van der Waals surface area contributed by atoms with Gasteiger partial charge in [-0.2, -0.15) is 0 Å². The lowest BCUT2D eigenvalue weighted by atomic mass is 10.6. The van der Waals surface area contributed by atoms with Crippen LogP contribution in [0.25, 0.3) is 0 Å². The lowest BCUT2D eigenvalue weighted by Crippen LogP contribution is -1.88. The third-order valence-corrected chi connectivity index (χ3v) is 1.51. The zero-order valence-corrected chi connectivity index (χ0v) is 5.12. The molecule has 1 aliphatic heterocycles. The molecular weight excluding hydrogens is 130 g/mol. The minimum Gasteiger partial charge on any atom is -0.230 e. The molecule has 0 saturated heterocycles. The minimum atomic E-state index is 1.45. The Morgan fingerprint density at radius 1 is 1.43 bits per heavy atom.